The van der Waals surface area contributed by atoms with E-state index in [4.69, 9.17) is 5.84 Å². The number of benzene rings is 1. The number of aryl methyl sites for hydroxylation is 2. The molecule has 1 aliphatic rings. The Hall–Kier alpha value is -1.11. The van der Waals surface area contributed by atoms with Crippen LogP contribution in [0.2, 0.25) is 0 Å². The number of hydrogen-bond acceptors (Lipinski definition) is 4. The zero-order valence-corrected chi connectivity index (χ0v) is 13.8. The molecule has 21 heavy (non-hydrogen) atoms. The Kier molecular flexibility index (Phi) is 4.91. The van der Waals surface area contributed by atoms with Crippen LogP contribution in [-0.4, -0.2) is 14.5 Å². The number of nitrogens with two attached hydrogens (primary N) is 1. The van der Waals surface area contributed by atoms with Gasteiger partial charge in [-0.15, -0.1) is 0 Å². The van der Waals surface area contributed by atoms with Gasteiger partial charge in [-0.2, -0.15) is 0 Å². The third-order valence-electron chi connectivity index (χ3n) is 4.23. The Morgan fingerprint density at radius 3 is 2.10 bits per heavy atom. The van der Waals surface area contributed by atoms with Crippen LogP contribution in [0, 0.1) is 19.8 Å². The van der Waals surface area contributed by atoms with Gasteiger partial charge < -0.3 is 5.43 Å². The molecule has 1 saturated carbocycles. The third-order valence-corrected chi connectivity index (χ3v) is 6.06. The van der Waals surface area contributed by atoms with Gasteiger partial charge in [0.1, 0.15) is 0 Å². The smallest absolute Gasteiger partial charge is 0.241 e. The summed E-state index contributed by atoms with van der Waals surface area (Å²) in [7, 11) is -3.48. The Morgan fingerprint density at radius 2 is 1.62 bits per heavy atom. The molecule has 0 saturated heterocycles. The zero-order chi connectivity index (χ0) is 15.6. The summed E-state index contributed by atoms with van der Waals surface area (Å²) in [6, 6.07) is 3.56. The molecule has 0 radical (unpaired) electrons. The van der Waals surface area contributed by atoms with Crippen LogP contribution in [0.1, 0.15) is 43.7 Å². The van der Waals surface area contributed by atoms with E-state index in [9.17, 15) is 8.42 Å². The zero-order valence-electron chi connectivity index (χ0n) is 12.9. The summed E-state index contributed by atoms with van der Waals surface area (Å²) in [6.45, 7) is 5.81. The van der Waals surface area contributed by atoms with E-state index in [2.05, 4.69) is 17.1 Å². The molecule has 5 nitrogen and oxygen atoms in total. The molecule has 1 aliphatic carbocycles. The van der Waals surface area contributed by atoms with Gasteiger partial charge in [0, 0.05) is 11.7 Å². The van der Waals surface area contributed by atoms with Crippen LogP contribution >= 0.6 is 0 Å². The highest BCUT2D eigenvalue weighted by Crippen LogP contribution is 2.27. The minimum atomic E-state index is -3.48. The first-order valence-corrected chi connectivity index (χ1v) is 8.92. The van der Waals surface area contributed by atoms with Crippen molar-refractivity contribution in [2.45, 2.75) is 57.4 Å². The number of hydrogen-bond donors (Lipinski definition) is 3. The average Bonchev–Trinajstić information content (AvgIpc) is 2.39. The van der Waals surface area contributed by atoms with Crippen molar-refractivity contribution < 1.29 is 8.42 Å². The lowest BCUT2D eigenvalue weighted by atomic mass is 9.88. The van der Waals surface area contributed by atoms with Gasteiger partial charge in [0.25, 0.3) is 0 Å². The summed E-state index contributed by atoms with van der Waals surface area (Å²) >= 11 is 0. The van der Waals surface area contributed by atoms with Crippen LogP contribution in [0.3, 0.4) is 0 Å². The van der Waals surface area contributed by atoms with Gasteiger partial charge in [0.15, 0.2) is 0 Å². The number of anilines is 1. The second-order valence-corrected chi connectivity index (χ2v) is 7.81. The highest BCUT2D eigenvalue weighted by atomic mass is 32.2. The summed E-state index contributed by atoms with van der Waals surface area (Å²) in [4.78, 5) is 0.375. The fourth-order valence-corrected chi connectivity index (χ4v) is 4.87. The molecule has 6 heteroatoms. The molecule has 0 amide bonds. The molecule has 0 aliphatic heterocycles. The second-order valence-electron chi connectivity index (χ2n) is 6.16. The normalized spacial score (nSPS) is 23.0. The summed E-state index contributed by atoms with van der Waals surface area (Å²) in [6.07, 6.45) is 4.00. The van der Waals surface area contributed by atoms with Gasteiger partial charge >= 0.3 is 0 Å². The van der Waals surface area contributed by atoms with Crippen molar-refractivity contribution >= 4 is 15.7 Å². The molecule has 0 spiro atoms. The minimum Gasteiger partial charge on any atom is -0.324 e. The molecule has 0 aromatic heterocycles. The van der Waals surface area contributed by atoms with Crippen molar-refractivity contribution in [3.05, 3.63) is 23.3 Å². The first kappa shape index (κ1) is 16.3. The van der Waals surface area contributed by atoms with Gasteiger partial charge in [-0.05, 0) is 68.7 Å². The second kappa shape index (κ2) is 6.34. The Labute approximate surface area is 127 Å². The Bertz CT molecular complexity index is 582. The van der Waals surface area contributed by atoms with E-state index in [1.807, 2.05) is 0 Å². The first-order valence-electron chi connectivity index (χ1n) is 7.43. The van der Waals surface area contributed by atoms with Gasteiger partial charge in [-0.1, -0.05) is 6.92 Å². The van der Waals surface area contributed by atoms with E-state index < -0.39 is 10.0 Å². The number of rotatable bonds is 4. The predicted molar refractivity (Wildman–Crippen MR) is 85.5 cm³/mol. The maximum Gasteiger partial charge on any atom is 0.241 e. The topological polar surface area (TPSA) is 84.2 Å². The van der Waals surface area contributed by atoms with Crippen molar-refractivity contribution in [3.8, 4) is 0 Å². The SMILES string of the molecule is Cc1cc(NN)cc(C)c1S(=O)(=O)NC1CCC(C)CC1. The molecule has 0 bridgehead atoms. The van der Waals surface area contributed by atoms with E-state index in [1.54, 1.807) is 26.0 Å². The van der Waals surface area contributed by atoms with Crippen LogP contribution in [0.4, 0.5) is 5.69 Å². The molecular weight excluding hydrogens is 286 g/mol. The van der Waals surface area contributed by atoms with Crippen molar-refractivity contribution in [2.75, 3.05) is 5.43 Å². The molecule has 1 aromatic rings. The summed E-state index contributed by atoms with van der Waals surface area (Å²) in [5.74, 6) is 6.09. The van der Waals surface area contributed by atoms with Gasteiger partial charge in [-0.3, -0.25) is 5.84 Å². The van der Waals surface area contributed by atoms with Gasteiger partial charge in [0.05, 0.1) is 4.90 Å². The predicted octanol–water partition coefficient (Wildman–Crippen LogP) is 2.45. The summed E-state index contributed by atoms with van der Waals surface area (Å²) < 4.78 is 28.2. The van der Waals surface area contributed by atoms with Crippen molar-refractivity contribution in [2.24, 2.45) is 11.8 Å². The molecule has 1 fully saturated rings. The molecule has 1 aromatic carbocycles. The highest BCUT2D eigenvalue weighted by Gasteiger charge is 2.26. The average molecular weight is 311 g/mol. The lowest BCUT2D eigenvalue weighted by Crippen LogP contribution is -2.37. The maximum absolute atomic E-state index is 12.7. The fourth-order valence-electron chi connectivity index (χ4n) is 3.11. The van der Waals surface area contributed by atoms with Crippen LogP contribution in [0.5, 0.6) is 0 Å². The minimum absolute atomic E-state index is 0.0531. The van der Waals surface area contributed by atoms with Crippen molar-refractivity contribution in [1.82, 2.24) is 4.72 Å². The van der Waals surface area contributed by atoms with E-state index in [0.29, 0.717) is 21.9 Å². The lowest BCUT2D eigenvalue weighted by Gasteiger charge is -2.27. The molecule has 4 N–H and O–H groups in total. The van der Waals surface area contributed by atoms with Crippen LogP contribution in [0.15, 0.2) is 17.0 Å². The molecule has 0 heterocycles. The molecule has 0 unspecified atom stereocenters. The number of nitrogens with one attached hydrogen (secondary N) is 2. The summed E-state index contributed by atoms with van der Waals surface area (Å²) in [5, 5.41) is 0. The lowest BCUT2D eigenvalue weighted by molar-refractivity contribution is 0.332. The van der Waals surface area contributed by atoms with Crippen LogP contribution in [0.25, 0.3) is 0 Å². The molecule has 118 valence electrons. The summed E-state index contributed by atoms with van der Waals surface area (Å²) in [5.41, 5.74) is 4.69. The number of hydrazine groups is 1. The molecule has 0 atom stereocenters. The Morgan fingerprint density at radius 1 is 1.10 bits per heavy atom. The van der Waals surface area contributed by atoms with Gasteiger partial charge in [0.2, 0.25) is 10.0 Å². The van der Waals surface area contributed by atoms with Crippen LogP contribution in [-0.2, 0) is 10.0 Å². The maximum atomic E-state index is 12.7. The number of nitrogen functional groups attached to an aromatic ring is 1. The highest BCUT2D eigenvalue weighted by molar-refractivity contribution is 7.89. The largest absolute Gasteiger partial charge is 0.324 e. The van der Waals surface area contributed by atoms with E-state index >= 15 is 0 Å². The monoisotopic (exact) mass is 311 g/mol. The first-order chi connectivity index (χ1) is 9.83. The van der Waals surface area contributed by atoms with Gasteiger partial charge in [-0.25, -0.2) is 13.1 Å². The van der Waals surface area contributed by atoms with E-state index in [1.165, 1.54) is 0 Å². The third kappa shape index (κ3) is 3.75. The van der Waals surface area contributed by atoms with Crippen LogP contribution < -0.4 is 16.0 Å². The van der Waals surface area contributed by atoms with E-state index in [-0.39, 0.29) is 6.04 Å². The quantitative estimate of drug-likeness (QED) is 0.589. The van der Waals surface area contributed by atoms with Crippen molar-refractivity contribution in [3.63, 3.8) is 0 Å². The van der Waals surface area contributed by atoms with Crippen molar-refractivity contribution in [1.29, 1.82) is 0 Å². The fraction of sp³-hybridized carbons (Fsp3) is 0.600. The molecule has 2 rings (SSSR count). The number of sulfonamides is 1. The van der Waals surface area contributed by atoms with E-state index in [0.717, 1.165) is 31.4 Å². The standard InChI is InChI=1S/C15H25N3O2S/c1-10-4-6-13(7-5-10)18-21(19,20)15-11(2)8-14(17-16)9-12(15)3/h8-10,13,17-18H,4-7,16H2,1-3H3. The molecular formula is C15H25N3O2S. The Balaban J connectivity index is 2.24.